The highest BCUT2D eigenvalue weighted by Gasteiger charge is 2.07. The van der Waals surface area contributed by atoms with Crippen LogP contribution >= 0.6 is 11.8 Å². The summed E-state index contributed by atoms with van der Waals surface area (Å²) in [6, 6.07) is 10.00. The van der Waals surface area contributed by atoms with Gasteiger partial charge in [0.1, 0.15) is 0 Å². The van der Waals surface area contributed by atoms with Crippen molar-refractivity contribution >= 4 is 11.8 Å². The monoisotopic (exact) mass is 262 g/mol. The summed E-state index contributed by atoms with van der Waals surface area (Å²) >= 11 is 1.73. The molecule has 1 aromatic heterocycles. The Hall–Kier alpha value is -1.36. The molecule has 0 fully saturated rings. The van der Waals surface area contributed by atoms with Gasteiger partial charge in [0.25, 0.3) is 0 Å². The van der Waals surface area contributed by atoms with Crippen molar-refractivity contribution in [3.8, 4) is 5.69 Å². The molecule has 0 radical (unpaired) electrons. The lowest BCUT2D eigenvalue weighted by molar-refractivity contribution is 0.704. The number of unbranched alkanes of at least 4 members (excludes halogenated alkanes) is 3. The van der Waals surface area contributed by atoms with Crippen molar-refractivity contribution in [2.75, 3.05) is 5.75 Å². The number of benzene rings is 1. The Morgan fingerprint density at radius 3 is 2.72 bits per heavy atom. The van der Waals surface area contributed by atoms with Gasteiger partial charge in [-0.25, -0.2) is 0 Å². The number of tetrazole rings is 1. The lowest BCUT2D eigenvalue weighted by Crippen LogP contribution is -1.98. The summed E-state index contributed by atoms with van der Waals surface area (Å²) in [5, 5.41) is 12.7. The van der Waals surface area contributed by atoms with E-state index in [4.69, 9.17) is 0 Å². The molecule has 0 spiro atoms. The Balaban J connectivity index is 1.92. The Morgan fingerprint density at radius 2 is 1.94 bits per heavy atom. The Morgan fingerprint density at radius 1 is 1.11 bits per heavy atom. The van der Waals surface area contributed by atoms with Crippen LogP contribution in [0.25, 0.3) is 5.69 Å². The van der Waals surface area contributed by atoms with Crippen molar-refractivity contribution in [2.24, 2.45) is 0 Å². The summed E-state index contributed by atoms with van der Waals surface area (Å²) in [5.41, 5.74) is 1.01. The molecule has 0 amide bonds. The molecule has 4 nitrogen and oxygen atoms in total. The van der Waals surface area contributed by atoms with Crippen molar-refractivity contribution < 1.29 is 0 Å². The van der Waals surface area contributed by atoms with E-state index in [0.29, 0.717) is 0 Å². The van der Waals surface area contributed by atoms with Crippen LogP contribution in [0.4, 0.5) is 0 Å². The highest BCUT2D eigenvalue weighted by molar-refractivity contribution is 7.99. The molecule has 96 valence electrons. The lowest BCUT2D eigenvalue weighted by atomic mass is 10.2. The lowest BCUT2D eigenvalue weighted by Gasteiger charge is -2.03. The van der Waals surface area contributed by atoms with Gasteiger partial charge in [-0.2, -0.15) is 4.68 Å². The Labute approximate surface area is 112 Å². The molecule has 0 N–H and O–H groups in total. The van der Waals surface area contributed by atoms with E-state index in [1.165, 1.54) is 25.7 Å². The highest BCUT2D eigenvalue weighted by atomic mass is 32.2. The maximum absolute atomic E-state index is 4.08. The predicted molar refractivity (Wildman–Crippen MR) is 74.0 cm³/mol. The highest BCUT2D eigenvalue weighted by Crippen LogP contribution is 2.19. The molecule has 2 aromatic rings. The molecule has 0 bridgehead atoms. The minimum Gasteiger partial charge on any atom is -0.188 e. The van der Waals surface area contributed by atoms with E-state index in [1.807, 2.05) is 30.3 Å². The topological polar surface area (TPSA) is 43.6 Å². The van der Waals surface area contributed by atoms with Gasteiger partial charge in [-0.1, -0.05) is 56.1 Å². The van der Waals surface area contributed by atoms with E-state index in [-0.39, 0.29) is 0 Å². The average molecular weight is 262 g/mol. The van der Waals surface area contributed by atoms with Crippen LogP contribution in [-0.2, 0) is 0 Å². The average Bonchev–Trinajstić information content (AvgIpc) is 2.88. The molecule has 1 aromatic carbocycles. The van der Waals surface area contributed by atoms with Crippen LogP contribution in [0.3, 0.4) is 0 Å². The molecule has 0 unspecified atom stereocenters. The Bertz CT molecular complexity index is 455. The van der Waals surface area contributed by atoms with Gasteiger partial charge in [0.15, 0.2) is 0 Å². The number of para-hydroxylation sites is 1. The van der Waals surface area contributed by atoms with Crippen molar-refractivity contribution in [3.63, 3.8) is 0 Å². The zero-order valence-corrected chi connectivity index (χ0v) is 11.4. The first-order chi connectivity index (χ1) is 8.92. The maximum atomic E-state index is 4.08. The third-order valence-electron chi connectivity index (χ3n) is 2.67. The molecule has 0 saturated carbocycles. The van der Waals surface area contributed by atoms with Gasteiger partial charge in [-0.05, 0) is 29.0 Å². The van der Waals surface area contributed by atoms with Gasteiger partial charge < -0.3 is 0 Å². The summed E-state index contributed by atoms with van der Waals surface area (Å²) in [6.45, 7) is 2.23. The molecule has 1 heterocycles. The first kappa shape index (κ1) is 13.1. The molecular formula is C13H18N4S. The second-order valence-corrected chi connectivity index (χ2v) is 5.18. The van der Waals surface area contributed by atoms with Gasteiger partial charge in [0, 0.05) is 5.75 Å². The van der Waals surface area contributed by atoms with Crippen LogP contribution in [0, 0.1) is 0 Å². The third-order valence-corrected chi connectivity index (χ3v) is 3.68. The minimum absolute atomic E-state index is 0.873. The second-order valence-electron chi connectivity index (χ2n) is 4.12. The molecular weight excluding hydrogens is 244 g/mol. The van der Waals surface area contributed by atoms with Crippen molar-refractivity contribution in [3.05, 3.63) is 30.3 Å². The van der Waals surface area contributed by atoms with Crippen molar-refractivity contribution in [1.29, 1.82) is 0 Å². The van der Waals surface area contributed by atoms with Gasteiger partial charge >= 0.3 is 0 Å². The van der Waals surface area contributed by atoms with Gasteiger partial charge in [0.05, 0.1) is 5.69 Å². The molecule has 0 saturated heterocycles. The molecule has 18 heavy (non-hydrogen) atoms. The second kappa shape index (κ2) is 7.16. The Kier molecular flexibility index (Phi) is 5.20. The van der Waals surface area contributed by atoms with Crippen LogP contribution in [0.15, 0.2) is 35.5 Å². The summed E-state index contributed by atoms with van der Waals surface area (Å²) in [5.74, 6) is 1.08. The third kappa shape index (κ3) is 3.57. The van der Waals surface area contributed by atoms with Gasteiger partial charge in [0.2, 0.25) is 5.16 Å². The fourth-order valence-corrected chi connectivity index (χ4v) is 2.58. The van der Waals surface area contributed by atoms with Crippen LogP contribution in [0.1, 0.15) is 32.6 Å². The number of thioether (sulfide) groups is 1. The predicted octanol–water partition coefficient (Wildman–Crippen LogP) is 3.33. The zero-order valence-electron chi connectivity index (χ0n) is 10.6. The normalized spacial score (nSPS) is 10.7. The molecule has 0 aliphatic heterocycles. The van der Waals surface area contributed by atoms with E-state index in [9.17, 15) is 0 Å². The molecule has 0 aliphatic carbocycles. The summed E-state index contributed by atoms with van der Waals surface area (Å²) in [7, 11) is 0. The summed E-state index contributed by atoms with van der Waals surface area (Å²) < 4.78 is 1.80. The zero-order chi connectivity index (χ0) is 12.6. The van der Waals surface area contributed by atoms with E-state index in [0.717, 1.165) is 16.6 Å². The van der Waals surface area contributed by atoms with E-state index in [1.54, 1.807) is 16.4 Å². The van der Waals surface area contributed by atoms with Gasteiger partial charge in [-0.3, -0.25) is 0 Å². The smallest absolute Gasteiger partial charge is 0.188 e. The number of hydrogen-bond donors (Lipinski definition) is 0. The fraction of sp³-hybridized carbons (Fsp3) is 0.462. The summed E-state index contributed by atoms with van der Waals surface area (Å²) in [6.07, 6.45) is 5.09. The van der Waals surface area contributed by atoms with E-state index < -0.39 is 0 Å². The molecule has 5 heteroatoms. The number of aromatic nitrogens is 4. The summed E-state index contributed by atoms with van der Waals surface area (Å²) in [4.78, 5) is 0. The number of rotatable bonds is 7. The number of hydrogen-bond acceptors (Lipinski definition) is 4. The first-order valence-corrected chi connectivity index (χ1v) is 7.37. The van der Waals surface area contributed by atoms with Crippen molar-refractivity contribution in [2.45, 2.75) is 37.8 Å². The van der Waals surface area contributed by atoms with E-state index in [2.05, 4.69) is 22.4 Å². The van der Waals surface area contributed by atoms with Crippen molar-refractivity contribution in [1.82, 2.24) is 20.2 Å². The standard InChI is InChI=1S/C13H18N4S/c1-2-3-4-8-11-18-13-14-15-16-17(13)12-9-6-5-7-10-12/h5-7,9-10H,2-4,8,11H2,1H3. The van der Waals surface area contributed by atoms with Gasteiger partial charge in [-0.15, -0.1) is 5.10 Å². The van der Waals surface area contributed by atoms with Crippen LogP contribution in [-0.4, -0.2) is 26.0 Å². The molecule has 0 atom stereocenters. The quantitative estimate of drug-likeness (QED) is 0.567. The number of nitrogens with zero attached hydrogens (tertiary/aromatic N) is 4. The molecule has 2 rings (SSSR count). The largest absolute Gasteiger partial charge is 0.214 e. The maximum Gasteiger partial charge on any atom is 0.214 e. The minimum atomic E-state index is 0.873. The van der Waals surface area contributed by atoms with E-state index >= 15 is 0 Å². The molecule has 0 aliphatic rings. The van der Waals surface area contributed by atoms with Crippen LogP contribution in [0.5, 0.6) is 0 Å². The van der Waals surface area contributed by atoms with Crippen LogP contribution < -0.4 is 0 Å². The first-order valence-electron chi connectivity index (χ1n) is 6.38. The fourth-order valence-electron chi connectivity index (χ4n) is 1.69. The van der Waals surface area contributed by atoms with Crippen LogP contribution in [0.2, 0.25) is 0 Å². The SMILES string of the molecule is CCCCCCSc1nnnn1-c1ccccc1.